The molecule has 0 aliphatic rings. The van der Waals surface area contributed by atoms with Gasteiger partial charge < -0.3 is 10.2 Å². The number of nitrogens with one attached hydrogen (secondary N) is 1. The first-order valence-corrected chi connectivity index (χ1v) is 16.2. The van der Waals surface area contributed by atoms with E-state index in [1.54, 1.807) is 11.0 Å². The first-order chi connectivity index (χ1) is 19.5. The molecule has 3 aromatic carbocycles. The van der Waals surface area contributed by atoms with Crippen molar-refractivity contribution in [2.24, 2.45) is 0 Å². The number of benzene rings is 3. The average molecular weight is 619 g/mol. The summed E-state index contributed by atoms with van der Waals surface area (Å²) < 4.78 is 26.5. The highest BCUT2D eigenvalue weighted by atomic mass is 35.5. The van der Waals surface area contributed by atoms with Gasteiger partial charge in [0.1, 0.15) is 6.04 Å². The van der Waals surface area contributed by atoms with Crippen molar-refractivity contribution in [2.75, 3.05) is 17.1 Å². The average Bonchev–Trinajstić information content (AvgIpc) is 2.94. The highest BCUT2D eigenvalue weighted by Gasteiger charge is 2.31. The summed E-state index contributed by atoms with van der Waals surface area (Å²) in [5, 5.41) is 3.63. The van der Waals surface area contributed by atoms with Crippen LogP contribution in [-0.2, 0) is 32.6 Å². The summed E-state index contributed by atoms with van der Waals surface area (Å²) in [4.78, 5) is 29.1. The molecule has 0 saturated carbocycles. The maximum atomic E-state index is 13.9. The van der Waals surface area contributed by atoms with Gasteiger partial charge >= 0.3 is 0 Å². The van der Waals surface area contributed by atoms with Gasteiger partial charge in [-0.05, 0) is 49.1 Å². The van der Waals surface area contributed by atoms with Crippen LogP contribution in [0.5, 0.6) is 0 Å². The molecule has 3 aromatic rings. The first kappa shape index (κ1) is 32.4. The van der Waals surface area contributed by atoms with Gasteiger partial charge in [0, 0.05) is 37.0 Å². The maximum Gasteiger partial charge on any atom is 0.243 e. The predicted octanol–water partition coefficient (Wildman–Crippen LogP) is 6.09. The normalized spacial score (nSPS) is 12.8. The number of carbonyl (C=O) groups excluding carboxylic acids is 2. The summed E-state index contributed by atoms with van der Waals surface area (Å²) in [5.41, 5.74) is 2.07. The Labute approximate surface area is 253 Å². The van der Waals surface area contributed by atoms with Crippen molar-refractivity contribution in [3.05, 3.63) is 100 Å². The summed E-state index contributed by atoms with van der Waals surface area (Å²) in [6, 6.07) is 22.9. The van der Waals surface area contributed by atoms with E-state index in [9.17, 15) is 18.0 Å². The Morgan fingerprint density at radius 1 is 0.927 bits per heavy atom. The van der Waals surface area contributed by atoms with Crippen LogP contribution in [0.1, 0.15) is 44.2 Å². The third-order valence-electron chi connectivity index (χ3n) is 6.80. The molecule has 0 radical (unpaired) electrons. The molecular formula is C31H37Cl2N3O4S. The fraction of sp³-hybridized carbons (Fsp3) is 0.355. The summed E-state index contributed by atoms with van der Waals surface area (Å²) in [6.45, 7) is 4.18. The molecule has 0 aromatic heterocycles. The van der Waals surface area contributed by atoms with E-state index in [4.69, 9.17) is 23.2 Å². The molecule has 2 atom stereocenters. The molecule has 0 aliphatic heterocycles. The molecule has 0 saturated heterocycles. The number of nitrogens with zero attached hydrogens (tertiary/aromatic N) is 2. The molecule has 3 rings (SSSR count). The SMILES string of the molecule is CCC(C)NC(=O)C(Cc1ccccc1)N(Cc1ccccc1)C(=O)CCCN(c1cc(Cl)ccc1Cl)S(C)(=O)=O. The standard InChI is InChI=1S/C31H37Cl2N3O4S/c1-4-23(2)34-31(38)29(20-24-12-7-5-8-13-24)35(22-25-14-9-6-10-15-25)30(37)16-11-19-36(41(3,39)40)28-21-26(32)17-18-27(28)33/h5-10,12-15,17-18,21,23,29H,4,11,16,19-20,22H2,1-3H3,(H,34,38). The van der Waals surface area contributed by atoms with Gasteiger partial charge in [0.15, 0.2) is 0 Å². The maximum absolute atomic E-state index is 13.9. The van der Waals surface area contributed by atoms with Crippen molar-refractivity contribution in [1.82, 2.24) is 10.2 Å². The van der Waals surface area contributed by atoms with Gasteiger partial charge in [0.05, 0.1) is 17.0 Å². The zero-order valence-electron chi connectivity index (χ0n) is 23.6. The van der Waals surface area contributed by atoms with Crippen LogP contribution in [0.25, 0.3) is 0 Å². The Morgan fingerprint density at radius 3 is 2.12 bits per heavy atom. The molecule has 220 valence electrons. The number of halogens is 2. The lowest BCUT2D eigenvalue weighted by molar-refractivity contribution is -0.141. The van der Waals surface area contributed by atoms with Crippen molar-refractivity contribution >= 4 is 50.7 Å². The van der Waals surface area contributed by atoms with Crippen LogP contribution in [-0.4, -0.2) is 50.0 Å². The molecule has 10 heteroatoms. The second kappa shape index (κ2) is 15.2. The molecule has 0 spiro atoms. The van der Waals surface area contributed by atoms with Gasteiger partial charge in [0.25, 0.3) is 0 Å². The lowest BCUT2D eigenvalue weighted by Crippen LogP contribution is -2.52. The van der Waals surface area contributed by atoms with Crippen LogP contribution in [0.3, 0.4) is 0 Å². The van der Waals surface area contributed by atoms with Gasteiger partial charge in [0.2, 0.25) is 21.8 Å². The molecule has 41 heavy (non-hydrogen) atoms. The number of rotatable bonds is 14. The largest absolute Gasteiger partial charge is 0.352 e. The summed E-state index contributed by atoms with van der Waals surface area (Å²) in [7, 11) is -3.71. The molecule has 2 unspecified atom stereocenters. The Bertz CT molecular complexity index is 1410. The van der Waals surface area contributed by atoms with Gasteiger partial charge in [-0.15, -0.1) is 0 Å². The number of sulfonamides is 1. The minimum atomic E-state index is -3.71. The third kappa shape index (κ3) is 9.76. The van der Waals surface area contributed by atoms with Crippen LogP contribution < -0.4 is 9.62 Å². The molecule has 0 aliphatic carbocycles. The van der Waals surface area contributed by atoms with E-state index in [0.29, 0.717) is 11.4 Å². The summed E-state index contributed by atoms with van der Waals surface area (Å²) >= 11 is 12.4. The molecule has 2 amide bonds. The number of amides is 2. The molecule has 0 fully saturated rings. The van der Waals surface area contributed by atoms with E-state index in [0.717, 1.165) is 28.1 Å². The van der Waals surface area contributed by atoms with E-state index >= 15 is 0 Å². The van der Waals surface area contributed by atoms with E-state index in [2.05, 4.69) is 5.32 Å². The van der Waals surface area contributed by atoms with Crippen molar-refractivity contribution in [3.63, 3.8) is 0 Å². The van der Waals surface area contributed by atoms with Gasteiger partial charge in [-0.1, -0.05) is 90.8 Å². The van der Waals surface area contributed by atoms with E-state index in [1.807, 2.05) is 74.5 Å². The Kier molecular flexibility index (Phi) is 12.1. The van der Waals surface area contributed by atoms with Gasteiger partial charge in [-0.25, -0.2) is 8.42 Å². The smallest absolute Gasteiger partial charge is 0.243 e. The molecule has 7 nitrogen and oxygen atoms in total. The molecule has 0 heterocycles. The first-order valence-electron chi connectivity index (χ1n) is 13.6. The highest BCUT2D eigenvalue weighted by Crippen LogP contribution is 2.31. The van der Waals surface area contributed by atoms with Crippen LogP contribution >= 0.6 is 23.2 Å². The second-order valence-electron chi connectivity index (χ2n) is 10.1. The number of hydrogen-bond donors (Lipinski definition) is 1. The molecule has 0 bridgehead atoms. The van der Waals surface area contributed by atoms with Crippen molar-refractivity contribution in [2.45, 2.75) is 58.2 Å². The minimum Gasteiger partial charge on any atom is -0.352 e. The molecule has 1 N–H and O–H groups in total. The van der Waals surface area contributed by atoms with Crippen LogP contribution in [0.15, 0.2) is 78.9 Å². The van der Waals surface area contributed by atoms with Crippen LogP contribution in [0, 0.1) is 0 Å². The topological polar surface area (TPSA) is 86.8 Å². The van der Waals surface area contributed by atoms with Gasteiger partial charge in [-0.2, -0.15) is 0 Å². The Hall–Kier alpha value is -3.07. The Balaban J connectivity index is 1.89. The lowest BCUT2D eigenvalue weighted by Gasteiger charge is -2.32. The van der Waals surface area contributed by atoms with E-state index in [1.165, 1.54) is 12.1 Å². The second-order valence-corrected chi connectivity index (χ2v) is 12.8. The van der Waals surface area contributed by atoms with E-state index < -0.39 is 16.1 Å². The van der Waals surface area contributed by atoms with Crippen molar-refractivity contribution in [3.8, 4) is 0 Å². The quantitative estimate of drug-likeness (QED) is 0.237. The lowest BCUT2D eigenvalue weighted by atomic mass is 10.0. The van der Waals surface area contributed by atoms with Crippen LogP contribution in [0.2, 0.25) is 10.0 Å². The van der Waals surface area contributed by atoms with Crippen LogP contribution in [0.4, 0.5) is 5.69 Å². The third-order valence-corrected chi connectivity index (χ3v) is 8.53. The fourth-order valence-electron chi connectivity index (χ4n) is 4.43. The zero-order valence-corrected chi connectivity index (χ0v) is 25.9. The Morgan fingerprint density at radius 2 is 1.54 bits per heavy atom. The van der Waals surface area contributed by atoms with Crippen molar-refractivity contribution < 1.29 is 18.0 Å². The minimum absolute atomic E-state index is 0.0201. The van der Waals surface area contributed by atoms with Gasteiger partial charge in [-0.3, -0.25) is 13.9 Å². The number of hydrogen-bond acceptors (Lipinski definition) is 4. The van der Waals surface area contributed by atoms with Crippen molar-refractivity contribution in [1.29, 1.82) is 0 Å². The monoisotopic (exact) mass is 617 g/mol. The summed E-state index contributed by atoms with van der Waals surface area (Å²) in [5.74, 6) is -0.476. The fourth-order valence-corrected chi connectivity index (χ4v) is 5.84. The predicted molar refractivity (Wildman–Crippen MR) is 167 cm³/mol. The molecular weight excluding hydrogens is 581 g/mol. The van der Waals surface area contributed by atoms with E-state index in [-0.39, 0.29) is 54.5 Å². The highest BCUT2D eigenvalue weighted by molar-refractivity contribution is 7.92. The number of anilines is 1. The zero-order chi connectivity index (χ0) is 30.0. The number of carbonyl (C=O) groups is 2. The summed E-state index contributed by atoms with van der Waals surface area (Å²) in [6.07, 6.45) is 2.42.